The van der Waals surface area contributed by atoms with Crippen molar-refractivity contribution in [3.63, 3.8) is 0 Å². The predicted octanol–water partition coefficient (Wildman–Crippen LogP) is 3.98. The monoisotopic (exact) mass is 377 g/mol. The maximum atomic E-state index is 12.6. The molecule has 1 aliphatic rings. The Balaban J connectivity index is 1.38. The van der Waals surface area contributed by atoms with Gasteiger partial charge in [0, 0.05) is 35.8 Å². The number of amides is 1. The molecule has 2 aromatic heterocycles. The molecular weight excluding hydrogens is 350 g/mol. The quantitative estimate of drug-likeness (QED) is 0.607. The minimum Gasteiger partial charge on any atom is -0.370 e. The van der Waals surface area contributed by atoms with Crippen molar-refractivity contribution in [3.05, 3.63) is 53.6 Å². The summed E-state index contributed by atoms with van der Waals surface area (Å²) in [5, 5.41) is 7.72. The molecule has 0 radical (unpaired) electrons. The summed E-state index contributed by atoms with van der Waals surface area (Å²) in [6.45, 7) is 2.56. The maximum Gasteiger partial charge on any atom is 0.270 e. The van der Waals surface area contributed by atoms with Crippen molar-refractivity contribution in [3.8, 4) is 0 Å². The average molecular weight is 377 g/mol. The van der Waals surface area contributed by atoms with Gasteiger partial charge in [-0.2, -0.15) is 0 Å². The first-order valence-corrected chi connectivity index (χ1v) is 10.1. The number of hydrogen-bond donors (Lipinski definition) is 3. The van der Waals surface area contributed by atoms with Gasteiger partial charge in [-0.1, -0.05) is 37.5 Å². The number of fused-ring (bicyclic) bond motifs is 1. The molecule has 6 nitrogen and oxygen atoms in total. The number of aryl methyl sites for hydroxylation is 1. The minimum absolute atomic E-state index is 0.0999. The smallest absolute Gasteiger partial charge is 0.270 e. The van der Waals surface area contributed by atoms with Gasteiger partial charge >= 0.3 is 0 Å². The number of hydrogen-bond acceptors (Lipinski definition) is 4. The number of nitrogens with zero attached hydrogens (tertiary/aromatic N) is 2. The number of anilines is 1. The summed E-state index contributed by atoms with van der Waals surface area (Å²) in [5.74, 6) is 1.20. The van der Waals surface area contributed by atoms with Crippen molar-refractivity contribution in [1.82, 2.24) is 20.3 Å². The predicted molar refractivity (Wildman–Crippen MR) is 112 cm³/mol. The Morgan fingerprint density at radius 2 is 2.00 bits per heavy atom. The molecule has 1 saturated carbocycles. The topological polar surface area (TPSA) is 82.7 Å². The van der Waals surface area contributed by atoms with E-state index in [1.807, 2.05) is 13.0 Å². The van der Waals surface area contributed by atoms with Gasteiger partial charge in [-0.15, -0.1) is 0 Å². The van der Waals surface area contributed by atoms with Crippen LogP contribution in [0.1, 0.15) is 54.0 Å². The number of carbonyl (C=O) groups is 1. The van der Waals surface area contributed by atoms with Crippen LogP contribution >= 0.6 is 0 Å². The lowest BCUT2D eigenvalue weighted by atomic mass is 9.95. The molecule has 0 atom stereocenters. The summed E-state index contributed by atoms with van der Waals surface area (Å²) >= 11 is 0. The molecule has 1 aliphatic carbocycles. The van der Waals surface area contributed by atoms with E-state index in [1.165, 1.54) is 30.2 Å². The molecule has 2 heterocycles. The fourth-order valence-electron chi connectivity index (χ4n) is 3.94. The second-order valence-electron chi connectivity index (χ2n) is 7.53. The van der Waals surface area contributed by atoms with Gasteiger partial charge in [-0.25, -0.2) is 9.97 Å². The van der Waals surface area contributed by atoms with Gasteiger partial charge < -0.3 is 15.6 Å². The molecule has 1 aromatic carbocycles. The normalized spacial score (nSPS) is 14.9. The summed E-state index contributed by atoms with van der Waals surface area (Å²) in [6, 6.07) is 10.3. The highest BCUT2D eigenvalue weighted by Gasteiger charge is 2.18. The van der Waals surface area contributed by atoms with Crippen LogP contribution in [0.2, 0.25) is 0 Å². The Hall–Kier alpha value is -2.89. The van der Waals surface area contributed by atoms with Crippen LogP contribution in [-0.4, -0.2) is 33.4 Å². The highest BCUT2D eigenvalue weighted by molar-refractivity contribution is 5.93. The van der Waals surface area contributed by atoms with Crippen molar-refractivity contribution >= 4 is 22.6 Å². The highest BCUT2D eigenvalue weighted by atomic mass is 16.1. The van der Waals surface area contributed by atoms with Crippen molar-refractivity contribution in [1.29, 1.82) is 0 Å². The van der Waals surface area contributed by atoms with Crippen LogP contribution in [0, 0.1) is 6.92 Å². The van der Waals surface area contributed by atoms with E-state index in [-0.39, 0.29) is 11.9 Å². The van der Waals surface area contributed by atoms with Crippen molar-refractivity contribution < 1.29 is 4.79 Å². The van der Waals surface area contributed by atoms with E-state index in [2.05, 4.69) is 50.0 Å². The number of benzene rings is 1. The van der Waals surface area contributed by atoms with Gasteiger partial charge in [0.2, 0.25) is 0 Å². The molecule has 0 aliphatic heterocycles. The van der Waals surface area contributed by atoms with E-state index < -0.39 is 0 Å². The van der Waals surface area contributed by atoms with Crippen LogP contribution in [0.3, 0.4) is 0 Å². The molecule has 146 valence electrons. The summed E-state index contributed by atoms with van der Waals surface area (Å²) in [6.07, 6.45) is 8.70. The van der Waals surface area contributed by atoms with Gasteiger partial charge in [0.15, 0.2) is 0 Å². The van der Waals surface area contributed by atoms with E-state index in [9.17, 15) is 4.79 Å². The van der Waals surface area contributed by atoms with Crippen molar-refractivity contribution in [2.45, 2.75) is 51.5 Å². The Bertz CT molecular complexity index is 958. The van der Waals surface area contributed by atoms with Crippen molar-refractivity contribution in [2.75, 3.05) is 11.9 Å². The Kier molecular flexibility index (Phi) is 5.55. The number of para-hydroxylation sites is 1. The number of aromatic amines is 1. The second-order valence-corrected chi connectivity index (χ2v) is 7.53. The Labute approximate surface area is 165 Å². The van der Waals surface area contributed by atoms with Gasteiger partial charge in [0.25, 0.3) is 5.91 Å². The van der Waals surface area contributed by atoms with Crippen LogP contribution in [0.5, 0.6) is 0 Å². The van der Waals surface area contributed by atoms with Gasteiger partial charge in [-0.05, 0) is 37.8 Å². The number of aromatic nitrogens is 3. The number of carbonyl (C=O) groups excluding carboxylic acids is 1. The van der Waals surface area contributed by atoms with Crippen LogP contribution in [0.25, 0.3) is 10.9 Å². The average Bonchev–Trinajstić information content (AvgIpc) is 3.12. The standard InChI is InChI=1S/C22H27N5O/c1-15-25-20(22(28)27-17-7-3-2-4-8-17)13-21(26-15)23-12-11-16-14-24-19-10-6-5-9-18(16)19/h5-6,9-10,13-14,17,24H,2-4,7-8,11-12H2,1H3,(H,27,28)(H,23,25,26). The molecule has 0 saturated heterocycles. The van der Waals surface area contributed by atoms with Gasteiger partial charge in [0.05, 0.1) is 0 Å². The zero-order valence-electron chi connectivity index (χ0n) is 16.3. The Morgan fingerprint density at radius 3 is 2.86 bits per heavy atom. The molecule has 0 bridgehead atoms. The summed E-state index contributed by atoms with van der Waals surface area (Å²) in [7, 11) is 0. The minimum atomic E-state index is -0.0999. The lowest BCUT2D eigenvalue weighted by Gasteiger charge is -2.22. The van der Waals surface area contributed by atoms with Gasteiger partial charge in [0.1, 0.15) is 17.3 Å². The molecule has 0 unspecified atom stereocenters. The molecule has 4 rings (SSSR count). The third-order valence-corrected chi connectivity index (χ3v) is 5.39. The molecule has 1 fully saturated rings. The van der Waals surface area contributed by atoms with Crippen LogP contribution in [-0.2, 0) is 6.42 Å². The Morgan fingerprint density at radius 1 is 1.18 bits per heavy atom. The first kappa shape index (κ1) is 18.5. The van der Waals surface area contributed by atoms with E-state index in [4.69, 9.17) is 0 Å². The lowest BCUT2D eigenvalue weighted by molar-refractivity contribution is 0.0922. The first-order chi connectivity index (χ1) is 13.7. The summed E-state index contributed by atoms with van der Waals surface area (Å²) in [4.78, 5) is 24.7. The number of nitrogens with one attached hydrogen (secondary N) is 3. The fraction of sp³-hybridized carbons (Fsp3) is 0.409. The third-order valence-electron chi connectivity index (χ3n) is 5.39. The van der Waals surface area contributed by atoms with Crippen LogP contribution < -0.4 is 10.6 Å². The maximum absolute atomic E-state index is 12.6. The molecule has 3 aromatic rings. The van der Waals surface area contributed by atoms with E-state index in [1.54, 1.807) is 6.07 Å². The van der Waals surface area contributed by atoms with Crippen LogP contribution in [0.4, 0.5) is 5.82 Å². The van der Waals surface area contributed by atoms with E-state index in [0.717, 1.165) is 31.3 Å². The summed E-state index contributed by atoms with van der Waals surface area (Å²) in [5.41, 5.74) is 2.86. The third kappa shape index (κ3) is 4.32. The van der Waals surface area contributed by atoms with Crippen LogP contribution in [0.15, 0.2) is 36.5 Å². The lowest BCUT2D eigenvalue weighted by Crippen LogP contribution is -2.36. The van der Waals surface area contributed by atoms with E-state index in [0.29, 0.717) is 17.3 Å². The molecule has 6 heteroatoms. The van der Waals surface area contributed by atoms with E-state index >= 15 is 0 Å². The fourth-order valence-corrected chi connectivity index (χ4v) is 3.94. The summed E-state index contributed by atoms with van der Waals surface area (Å²) < 4.78 is 0. The zero-order chi connectivity index (χ0) is 19.3. The molecule has 28 heavy (non-hydrogen) atoms. The molecule has 0 spiro atoms. The molecule has 3 N–H and O–H groups in total. The first-order valence-electron chi connectivity index (χ1n) is 10.1. The SMILES string of the molecule is Cc1nc(NCCc2c[nH]c3ccccc23)cc(C(=O)NC2CCCCC2)n1. The van der Waals surface area contributed by atoms with Crippen molar-refractivity contribution in [2.24, 2.45) is 0 Å². The molecule has 1 amide bonds. The largest absolute Gasteiger partial charge is 0.370 e. The zero-order valence-corrected chi connectivity index (χ0v) is 16.3. The number of rotatable bonds is 6. The van der Waals surface area contributed by atoms with Gasteiger partial charge in [-0.3, -0.25) is 4.79 Å². The second kappa shape index (κ2) is 8.42. The highest BCUT2D eigenvalue weighted by Crippen LogP contribution is 2.19. The number of H-pyrrole nitrogens is 1. The molecular formula is C22H27N5O.